The normalized spacial score (nSPS) is 17.3. The fourth-order valence-electron chi connectivity index (χ4n) is 1.91. The molecule has 1 aromatic rings. The maximum Gasteiger partial charge on any atom is 0.147 e. The van der Waals surface area contributed by atoms with Gasteiger partial charge in [-0.2, -0.15) is 0 Å². The molecule has 0 heterocycles. The first-order valence-corrected chi connectivity index (χ1v) is 5.36. The van der Waals surface area contributed by atoms with E-state index in [-0.39, 0.29) is 5.82 Å². The quantitative estimate of drug-likeness (QED) is 0.787. The van der Waals surface area contributed by atoms with Gasteiger partial charge in [-0.1, -0.05) is 30.5 Å². The average molecular weight is 214 g/mol. The van der Waals surface area contributed by atoms with Gasteiger partial charge in [0.1, 0.15) is 5.82 Å². The lowest BCUT2D eigenvalue weighted by Gasteiger charge is -2.15. The molecular weight excluding hydrogens is 201 g/mol. The van der Waals surface area contributed by atoms with Crippen molar-refractivity contribution in [2.45, 2.75) is 31.7 Å². The molecule has 1 nitrogen and oxygen atoms in total. The highest BCUT2D eigenvalue weighted by Crippen LogP contribution is 2.29. The van der Waals surface area contributed by atoms with Crippen LogP contribution in [-0.2, 0) is 0 Å². The molecule has 0 radical (unpaired) electrons. The van der Waals surface area contributed by atoms with Crippen LogP contribution in [0.4, 0.5) is 10.1 Å². The van der Waals surface area contributed by atoms with E-state index in [2.05, 4.69) is 5.32 Å². The van der Waals surface area contributed by atoms with Crippen molar-refractivity contribution in [3.8, 4) is 0 Å². The number of nitrogens with one attached hydrogen (secondary N) is 1. The molecule has 1 saturated carbocycles. The molecule has 1 aromatic carbocycles. The molecule has 1 N–H and O–H groups in total. The van der Waals surface area contributed by atoms with E-state index in [1.165, 1.54) is 18.9 Å². The highest BCUT2D eigenvalue weighted by molar-refractivity contribution is 6.33. The van der Waals surface area contributed by atoms with Gasteiger partial charge in [-0.3, -0.25) is 0 Å². The van der Waals surface area contributed by atoms with Gasteiger partial charge >= 0.3 is 0 Å². The van der Waals surface area contributed by atoms with Crippen LogP contribution in [0.15, 0.2) is 18.2 Å². The highest BCUT2D eigenvalue weighted by Gasteiger charge is 2.17. The van der Waals surface area contributed by atoms with Crippen molar-refractivity contribution in [1.29, 1.82) is 0 Å². The largest absolute Gasteiger partial charge is 0.379 e. The minimum atomic E-state index is -0.260. The minimum Gasteiger partial charge on any atom is -0.379 e. The van der Waals surface area contributed by atoms with Crippen LogP contribution >= 0.6 is 11.6 Å². The number of hydrogen-bond acceptors (Lipinski definition) is 1. The second kappa shape index (κ2) is 4.18. The average Bonchev–Trinajstić information content (AvgIpc) is 2.64. The third-order valence-corrected chi connectivity index (χ3v) is 2.98. The minimum absolute atomic E-state index is 0.260. The van der Waals surface area contributed by atoms with E-state index in [4.69, 9.17) is 11.6 Å². The van der Waals surface area contributed by atoms with Crippen LogP contribution in [0.2, 0.25) is 5.02 Å². The number of rotatable bonds is 2. The second-order valence-electron chi connectivity index (χ2n) is 3.72. The maximum absolute atomic E-state index is 13.4. The fraction of sp³-hybridized carbons (Fsp3) is 0.455. The number of para-hydroxylation sites is 1. The van der Waals surface area contributed by atoms with Crippen molar-refractivity contribution in [2.24, 2.45) is 0 Å². The third kappa shape index (κ3) is 2.01. The van der Waals surface area contributed by atoms with Crippen molar-refractivity contribution in [3.05, 3.63) is 29.0 Å². The van der Waals surface area contributed by atoms with E-state index in [1.807, 2.05) is 0 Å². The molecule has 1 aliphatic rings. The topological polar surface area (TPSA) is 12.0 Å². The molecule has 14 heavy (non-hydrogen) atoms. The summed E-state index contributed by atoms with van der Waals surface area (Å²) in [5.41, 5.74) is 0.459. The summed E-state index contributed by atoms with van der Waals surface area (Å²) in [6.07, 6.45) is 4.68. The molecule has 2 rings (SSSR count). The Labute approximate surface area is 88.3 Å². The standard InChI is InChI=1S/C11H13ClFN/c12-9-6-3-7-10(13)11(9)14-8-4-1-2-5-8/h3,6-8,14H,1-2,4-5H2. The lowest BCUT2D eigenvalue weighted by molar-refractivity contribution is 0.624. The molecule has 1 fully saturated rings. The van der Waals surface area contributed by atoms with E-state index >= 15 is 0 Å². The summed E-state index contributed by atoms with van der Waals surface area (Å²) in [6.45, 7) is 0. The molecule has 0 spiro atoms. The molecule has 0 aliphatic heterocycles. The zero-order valence-corrected chi connectivity index (χ0v) is 8.65. The number of halogens is 2. The van der Waals surface area contributed by atoms with Crippen LogP contribution in [0.1, 0.15) is 25.7 Å². The predicted molar refractivity (Wildman–Crippen MR) is 57.3 cm³/mol. The molecule has 76 valence electrons. The Hall–Kier alpha value is -0.760. The van der Waals surface area contributed by atoms with Crippen LogP contribution in [0, 0.1) is 5.82 Å². The number of benzene rings is 1. The maximum atomic E-state index is 13.4. The van der Waals surface area contributed by atoms with Gasteiger partial charge in [0.15, 0.2) is 0 Å². The van der Waals surface area contributed by atoms with E-state index in [0.717, 1.165) is 12.8 Å². The second-order valence-corrected chi connectivity index (χ2v) is 4.13. The Balaban J connectivity index is 2.14. The van der Waals surface area contributed by atoms with Crippen molar-refractivity contribution in [3.63, 3.8) is 0 Å². The van der Waals surface area contributed by atoms with E-state index in [1.54, 1.807) is 12.1 Å². The van der Waals surface area contributed by atoms with Crippen molar-refractivity contribution in [1.82, 2.24) is 0 Å². The molecule has 0 atom stereocenters. The Morgan fingerprint density at radius 3 is 2.64 bits per heavy atom. The lowest BCUT2D eigenvalue weighted by atomic mass is 10.2. The summed E-state index contributed by atoms with van der Waals surface area (Å²) in [5.74, 6) is -0.260. The fourth-order valence-corrected chi connectivity index (χ4v) is 2.13. The Morgan fingerprint density at radius 1 is 1.29 bits per heavy atom. The summed E-state index contributed by atoms with van der Waals surface area (Å²) in [7, 11) is 0. The molecule has 1 aliphatic carbocycles. The van der Waals surface area contributed by atoms with Gasteiger partial charge < -0.3 is 5.32 Å². The number of hydrogen-bond donors (Lipinski definition) is 1. The zero-order chi connectivity index (χ0) is 9.97. The van der Waals surface area contributed by atoms with Crippen LogP contribution in [0.25, 0.3) is 0 Å². The van der Waals surface area contributed by atoms with E-state index in [0.29, 0.717) is 16.8 Å². The van der Waals surface area contributed by atoms with Gasteiger partial charge in [-0.15, -0.1) is 0 Å². The van der Waals surface area contributed by atoms with Crippen LogP contribution < -0.4 is 5.32 Å². The van der Waals surface area contributed by atoms with Crippen molar-refractivity contribution >= 4 is 17.3 Å². The summed E-state index contributed by atoms with van der Waals surface area (Å²) in [5, 5.41) is 3.64. The highest BCUT2D eigenvalue weighted by atomic mass is 35.5. The Kier molecular flexibility index (Phi) is 2.92. The molecule has 0 saturated heterocycles. The van der Waals surface area contributed by atoms with Crippen LogP contribution in [-0.4, -0.2) is 6.04 Å². The summed E-state index contributed by atoms with van der Waals surface area (Å²) in [4.78, 5) is 0. The monoisotopic (exact) mass is 213 g/mol. The SMILES string of the molecule is Fc1cccc(Cl)c1NC1CCCC1. The Morgan fingerprint density at radius 2 is 2.00 bits per heavy atom. The summed E-state index contributed by atoms with van der Waals surface area (Å²) < 4.78 is 13.4. The lowest BCUT2D eigenvalue weighted by Crippen LogP contribution is -2.15. The van der Waals surface area contributed by atoms with Gasteiger partial charge in [-0.25, -0.2) is 4.39 Å². The van der Waals surface area contributed by atoms with Gasteiger partial charge in [0.2, 0.25) is 0 Å². The van der Waals surface area contributed by atoms with Crippen molar-refractivity contribution in [2.75, 3.05) is 5.32 Å². The summed E-state index contributed by atoms with van der Waals surface area (Å²) in [6, 6.07) is 5.16. The van der Waals surface area contributed by atoms with Gasteiger partial charge in [0.25, 0.3) is 0 Å². The first-order chi connectivity index (χ1) is 6.77. The smallest absolute Gasteiger partial charge is 0.147 e. The predicted octanol–water partition coefficient (Wildman–Crippen LogP) is 3.83. The van der Waals surface area contributed by atoms with E-state index < -0.39 is 0 Å². The van der Waals surface area contributed by atoms with Crippen LogP contribution in [0.3, 0.4) is 0 Å². The Bertz CT molecular complexity index is 301. The molecular formula is C11H13ClFN. The molecule has 3 heteroatoms. The van der Waals surface area contributed by atoms with Crippen molar-refractivity contribution < 1.29 is 4.39 Å². The number of anilines is 1. The molecule has 0 bridgehead atoms. The zero-order valence-electron chi connectivity index (χ0n) is 7.89. The first kappa shape index (κ1) is 9.78. The first-order valence-electron chi connectivity index (χ1n) is 4.98. The summed E-state index contributed by atoms with van der Waals surface area (Å²) >= 11 is 5.91. The molecule has 0 aromatic heterocycles. The van der Waals surface area contributed by atoms with E-state index in [9.17, 15) is 4.39 Å². The van der Waals surface area contributed by atoms with Crippen LogP contribution in [0.5, 0.6) is 0 Å². The third-order valence-electron chi connectivity index (χ3n) is 2.67. The van der Waals surface area contributed by atoms with Gasteiger partial charge in [0, 0.05) is 6.04 Å². The molecule has 0 amide bonds. The van der Waals surface area contributed by atoms with Gasteiger partial charge in [-0.05, 0) is 25.0 Å². The van der Waals surface area contributed by atoms with Gasteiger partial charge in [0.05, 0.1) is 10.7 Å². The molecule has 0 unspecified atom stereocenters.